The monoisotopic (exact) mass is 241 g/mol. The zero-order chi connectivity index (χ0) is 12.1. The van der Waals surface area contributed by atoms with Gasteiger partial charge in [-0.3, -0.25) is 4.79 Å². The second-order valence-corrected chi connectivity index (χ2v) is 4.27. The molecule has 0 bridgehead atoms. The van der Waals surface area contributed by atoms with Crippen LogP contribution in [0.4, 0.5) is 0 Å². The highest BCUT2D eigenvalue weighted by molar-refractivity contribution is 7.98. The van der Waals surface area contributed by atoms with Gasteiger partial charge in [0.2, 0.25) is 5.91 Å². The average Bonchev–Trinajstić information content (AvgIpc) is 2.27. The van der Waals surface area contributed by atoms with Gasteiger partial charge in [-0.25, -0.2) is 0 Å². The third-order valence-corrected chi connectivity index (χ3v) is 3.04. The summed E-state index contributed by atoms with van der Waals surface area (Å²) in [6, 6.07) is 7.19. The zero-order valence-electron chi connectivity index (χ0n) is 8.96. The van der Waals surface area contributed by atoms with Crippen LogP contribution in [-0.4, -0.2) is 28.5 Å². The minimum absolute atomic E-state index is 0.246. The normalized spacial score (nSPS) is 14.4. The number of carbonyl (C=O) groups excluding carboxylic acids is 1. The van der Waals surface area contributed by atoms with Crippen molar-refractivity contribution in [2.75, 3.05) is 6.26 Å². The minimum Gasteiger partial charge on any atom is -0.390 e. The van der Waals surface area contributed by atoms with Crippen LogP contribution in [0.15, 0.2) is 29.2 Å². The highest BCUT2D eigenvalue weighted by atomic mass is 32.2. The van der Waals surface area contributed by atoms with Crippen molar-refractivity contribution >= 4 is 17.7 Å². The van der Waals surface area contributed by atoms with Gasteiger partial charge in [-0.05, 0) is 17.9 Å². The summed E-state index contributed by atoms with van der Waals surface area (Å²) in [4.78, 5) is 11.5. The van der Waals surface area contributed by atoms with Crippen LogP contribution in [0.1, 0.15) is 18.1 Å². The Kier molecular flexibility index (Phi) is 4.79. The maximum absolute atomic E-state index is 10.6. The summed E-state index contributed by atoms with van der Waals surface area (Å²) < 4.78 is 0. The van der Waals surface area contributed by atoms with Crippen LogP contribution < -0.4 is 5.73 Å². The Morgan fingerprint density at radius 1 is 1.44 bits per heavy atom. The summed E-state index contributed by atoms with van der Waals surface area (Å²) in [5, 5.41) is 19.5. The molecule has 88 valence electrons. The fourth-order valence-corrected chi connectivity index (χ4v) is 2.07. The number of carbonyl (C=O) groups is 1. The lowest BCUT2D eigenvalue weighted by atomic mass is 10.0. The van der Waals surface area contributed by atoms with E-state index in [-0.39, 0.29) is 6.42 Å². The van der Waals surface area contributed by atoms with E-state index in [0.29, 0.717) is 5.56 Å². The molecule has 0 saturated carbocycles. The first-order chi connectivity index (χ1) is 7.56. The van der Waals surface area contributed by atoms with Crippen LogP contribution in [0.25, 0.3) is 0 Å². The molecule has 0 aliphatic carbocycles. The summed E-state index contributed by atoms with van der Waals surface area (Å²) in [7, 11) is 0. The van der Waals surface area contributed by atoms with Crippen molar-refractivity contribution in [3.63, 3.8) is 0 Å². The third-order valence-electron chi connectivity index (χ3n) is 2.23. The van der Waals surface area contributed by atoms with Crippen molar-refractivity contribution in [1.29, 1.82) is 0 Å². The number of amides is 1. The summed E-state index contributed by atoms with van der Waals surface area (Å²) in [5.74, 6) is -0.631. The molecule has 1 amide bonds. The van der Waals surface area contributed by atoms with Gasteiger partial charge in [0.05, 0.1) is 12.5 Å². The molecule has 16 heavy (non-hydrogen) atoms. The van der Waals surface area contributed by atoms with E-state index < -0.39 is 18.1 Å². The van der Waals surface area contributed by atoms with Gasteiger partial charge in [-0.15, -0.1) is 11.8 Å². The Bertz CT molecular complexity index is 370. The van der Waals surface area contributed by atoms with Crippen molar-refractivity contribution in [3.8, 4) is 0 Å². The van der Waals surface area contributed by atoms with Crippen molar-refractivity contribution in [2.45, 2.75) is 23.5 Å². The highest BCUT2D eigenvalue weighted by Gasteiger charge is 2.22. The van der Waals surface area contributed by atoms with Crippen molar-refractivity contribution in [1.82, 2.24) is 0 Å². The average molecular weight is 241 g/mol. The number of thioether (sulfide) groups is 1. The highest BCUT2D eigenvalue weighted by Crippen LogP contribution is 2.28. The molecule has 4 nitrogen and oxygen atoms in total. The number of hydrogen-bond donors (Lipinski definition) is 3. The van der Waals surface area contributed by atoms with E-state index in [1.54, 1.807) is 12.1 Å². The van der Waals surface area contributed by atoms with Crippen molar-refractivity contribution < 1.29 is 15.0 Å². The van der Waals surface area contributed by atoms with Gasteiger partial charge < -0.3 is 15.9 Å². The maximum Gasteiger partial charge on any atom is 0.220 e. The fourth-order valence-electron chi connectivity index (χ4n) is 1.44. The summed E-state index contributed by atoms with van der Waals surface area (Å²) >= 11 is 1.47. The number of rotatable bonds is 5. The minimum atomic E-state index is -1.16. The number of benzene rings is 1. The van der Waals surface area contributed by atoms with Crippen LogP contribution in [-0.2, 0) is 4.79 Å². The molecule has 0 heterocycles. The third kappa shape index (κ3) is 3.23. The molecule has 4 N–H and O–H groups in total. The smallest absolute Gasteiger partial charge is 0.220 e. The second kappa shape index (κ2) is 5.89. The first kappa shape index (κ1) is 13.0. The van der Waals surface area contributed by atoms with Gasteiger partial charge in [0.1, 0.15) is 6.10 Å². The second-order valence-electron chi connectivity index (χ2n) is 3.42. The molecular formula is C11H15NO3S. The molecule has 1 aromatic rings. The molecular weight excluding hydrogens is 226 g/mol. The predicted molar refractivity (Wildman–Crippen MR) is 63.0 cm³/mol. The number of primary amides is 1. The number of hydrogen-bond acceptors (Lipinski definition) is 4. The Balaban J connectivity index is 2.86. The Morgan fingerprint density at radius 2 is 2.06 bits per heavy atom. The molecule has 0 aromatic heterocycles. The summed E-state index contributed by atoms with van der Waals surface area (Å²) in [5.41, 5.74) is 5.58. The topological polar surface area (TPSA) is 83.6 Å². The van der Waals surface area contributed by atoms with E-state index in [9.17, 15) is 15.0 Å². The standard InChI is InChI=1S/C11H15NO3S/c1-16-9-5-3-2-4-7(9)11(15)8(13)6-10(12)14/h2-5,8,11,13,15H,6H2,1H3,(H2,12,14). The van der Waals surface area contributed by atoms with Crippen LogP contribution in [0.3, 0.4) is 0 Å². The molecule has 0 saturated heterocycles. The van der Waals surface area contributed by atoms with Crippen LogP contribution in [0, 0.1) is 0 Å². The molecule has 5 heteroatoms. The predicted octanol–water partition coefficient (Wildman–Crippen LogP) is 0.678. The SMILES string of the molecule is CSc1ccccc1C(O)C(O)CC(N)=O. The molecule has 1 aromatic carbocycles. The molecule has 0 spiro atoms. The van der Waals surface area contributed by atoms with Gasteiger partial charge in [0, 0.05) is 4.90 Å². The largest absolute Gasteiger partial charge is 0.390 e. The summed E-state index contributed by atoms with van der Waals surface area (Å²) in [6.07, 6.45) is -0.613. The first-order valence-corrected chi connectivity index (χ1v) is 6.06. The number of aliphatic hydroxyl groups is 2. The van der Waals surface area contributed by atoms with Crippen LogP contribution in [0.5, 0.6) is 0 Å². The number of aliphatic hydroxyl groups excluding tert-OH is 2. The zero-order valence-corrected chi connectivity index (χ0v) is 9.78. The lowest BCUT2D eigenvalue weighted by Gasteiger charge is -2.19. The van der Waals surface area contributed by atoms with Crippen LogP contribution in [0.2, 0.25) is 0 Å². The Labute approximate surface area is 98.5 Å². The van der Waals surface area contributed by atoms with E-state index in [1.807, 2.05) is 18.4 Å². The molecule has 1 rings (SSSR count). The van der Waals surface area contributed by atoms with Gasteiger partial charge in [0.15, 0.2) is 0 Å². The van der Waals surface area contributed by atoms with E-state index in [4.69, 9.17) is 5.73 Å². The number of nitrogens with two attached hydrogens (primary N) is 1. The van der Waals surface area contributed by atoms with Gasteiger partial charge in [0.25, 0.3) is 0 Å². The van der Waals surface area contributed by atoms with E-state index >= 15 is 0 Å². The molecule has 0 fully saturated rings. The quantitative estimate of drug-likeness (QED) is 0.662. The van der Waals surface area contributed by atoms with Gasteiger partial charge in [-0.2, -0.15) is 0 Å². The summed E-state index contributed by atoms with van der Waals surface area (Å²) in [6.45, 7) is 0. The van der Waals surface area contributed by atoms with Gasteiger partial charge in [-0.1, -0.05) is 18.2 Å². The fraction of sp³-hybridized carbons (Fsp3) is 0.364. The van der Waals surface area contributed by atoms with Gasteiger partial charge >= 0.3 is 0 Å². The molecule has 2 atom stereocenters. The molecule has 0 aliphatic heterocycles. The van der Waals surface area contributed by atoms with Crippen LogP contribution >= 0.6 is 11.8 Å². The maximum atomic E-state index is 10.6. The lowest BCUT2D eigenvalue weighted by Crippen LogP contribution is -2.25. The Hall–Kier alpha value is -1.04. The van der Waals surface area contributed by atoms with E-state index in [1.165, 1.54) is 11.8 Å². The first-order valence-electron chi connectivity index (χ1n) is 4.83. The Morgan fingerprint density at radius 3 is 2.62 bits per heavy atom. The van der Waals surface area contributed by atoms with Crippen molar-refractivity contribution in [2.24, 2.45) is 5.73 Å². The molecule has 0 aliphatic rings. The van der Waals surface area contributed by atoms with E-state index in [0.717, 1.165) is 4.90 Å². The molecule has 0 radical (unpaired) electrons. The lowest BCUT2D eigenvalue weighted by molar-refractivity contribution is -0.121. The van der Waals surface area contributed by atoms with Crippen molar-refractivity contribution in [3.05, 3.63) is 29.8 Å². The molecule has 2 unspecified atom stereocenters. The van der Waals surface area contributed by atoms with E-state index in [2.05, 4.69) is 0 Å².